The maximum Gasteiger partial charge on any atom is 0.413 e. The van der Waals surface area contributed by atoms with Gasteiger partial charge in [0.1, 0.15) is 5.75 Å². The van der Waals surface area contributed by atoms with Crippen LogP contribution in [0.2, 0.25) is 0 Å². The molecule has 3 nitrogen and oxygen atoms in total. The van der Waals surface area contributed by atoms with Crippen molar-refractivity contribution >= 4 is 41.9 Å². The molecule has 0 fully saturated rings. The van der Waals surface area contributed by atoms with E-state index in [4.69, 9.17) is 27.9 Å². The molecule has 0 saturated heterocycles. The fourth-order valence-electron chi connectivity index (χ4n) is 0.921. The molecule has 2 atom stereocenters. The zero-order valence-electron chi connectivity index (χ0n) is 8.27. The smallest absolute Gasteiger partial charge is 0.410 e. The average molecular weight is 280 g/mol. The van der Waals surface area contributed by atoms with E-state index in [0.29, 0.717) is 5.75 Å². The fraction of sp³-hybridized carbons (Fsp3) is 0.300. The van der Waals surface area contributed by atoms with E-state index in [2.05, 4.69) is 17.9 Å². The van der Waals surface area contributed by atoms with Crippen LogP contribution in [-0.2, 0) is 0 Å². The predicted octanol–water partition coefficient (Wildman–Crippen LogP) is 2.88. The quantitative estimate of drug-likeness (QED) is 0.505. The molecule has 1 N–H and O–H groups in total. The van der Waals surface area contributed by atoms with Crippen LogP contribution in [0.5, 0.6) is 5.75 Å². The highest BCUT2D eigenvalue weighted by molar-refractivity contribution is 7.81. The third-order valence-electron chi connectivity index (χ3n) is 1.71. The van der Waals surface area contributed by atoms with E-state index in [-0.39, 0.29) is 5.88 Å². The Morgan fingerprint density at radius 2 is 2.06 bits per heavy atom. The van der Waals surface area contributed by atoms with Gasteiger partial charge in [-0.3, -0.25) is 0 Å². The summed E-state index contributed by atoms with van der Waals surface area (Å²) in [5.41, 5.74) is 0. The maximum absolute atomic E-state index is 11.4. The van der Waals surface area contributed by atoms with E-state index in [1.165, 1.54) is 0 Å². The molecule has 0 spiro atoms. The van der Waals surface area contributed by atoms with Crippen LogP contribution >= 0.6 is 35.8 Å². The van der Waals surface area contributed by atoms with Crippen molar-refractivity contribution in [3.63, 3.8) is 0 Å². The maximum atomic E-state index is 11.4. The van der Waals surface area contributed by atoms with Crippen LogP contribution in [0.4, 0.5) is 4.79 Å². The van der Waals surface area contributed by atoms with E-state index in [0.717, 1.165) is 0 Å². The first kappa shape index (κ1) is 13.5. The molecule has 1 aromatic carbocycles. The van der Waals surface area contributed by atoms with Gasteiger partial charge in [0.2, 0.25) is 0 Å². The highest BCUT2D eigenvalue weighted by Gasteiger charge is 2.17. The van der Waals surface area contributed by atoms with Gasteiger partial charge in [0.25, 0.3) is 0 Å². The average Bonchev–Trinajstić information content (AvgIpc) is 2.29. The van der Waals surface area contributed by atoms with Crippen molar-refractivity contribution in [3.8, 4) is 5.75 Å². The van der Waals surface area contributed by atoms with Crippen molar-refractivity contribution in [2.45, 2.75) is 10.8 Å². The molecule has 0 aromatic heterocycles. The molecule has 0 saturated carbocycles. The van der Waals surface area contributed by atoms with Crippen molar-refractivity contribution < 1.29 is 9.53 Å². The van der Waals surface area contributed by atoms with Gasteiger partial charge in [-0.15, -0.1) is 23.2 Å². The molecule has 6 heteroatoms. The van der Waals surface area contributed by atoms with Crippen LogP contribution in [0.25, 0.3) is 0 Å². The number of para-hydroxylation sites is 1. The standard InChI is InChI=1S/C10H11Cl2NO2S/c11-6-8(12)9(16)13-10(14)15-7-4-2-1-3-5-7/h1-5,8-9,16H,6H2,(H,13,14). The molecule has 2 unspecified atom stereocenters. The minimum absolute atomic E-state index is 0.196. The number of hydrogen-bond acceptors (Lipinski definition) is 3. The summed E-state index contributed by atoms with van der Waals surface area (Å²) in [5, 5.41) is 1.47. The molecule has 0 heterocycles. The van der Waals surface area contributed by atoms with Gasteiger partial charge in [0.15, 0.2) is 0 Å². The lowest BCUT2D eigenvalue weighted by Crippen LogP contribution is -2.39. The summed E-state index contributed by atoms with van der Waals surface area (Å²) >= 11 is 15.4. The van der Waals surface area contributed by atoms with Gasteiger partial charge >= 0.3 is 6.09 Å². The Kier molecular flexibility index (Phi) is 5.80. The Morgan fingerprint density at radius 1 is 1.44 bits per heavy atom. The van der Waals surface area contributed by atoms with Crippen molar-refractivity contribution in [1.29, 1.82) is 0 Å². The minimum atomic E-state index is -0.609. The Hall–Kier alpha value is -0.580. The summed E-state index contributed by atoms with van der Waals surface area (Å²) in [6, 6.07) is 8.71. The van der Waals surface area contributed by atoms with Crippen molar-refractivity contribution in [1.82, 2.24) is 5.32 Å². The summed E-state index contributed by atoms with van der Waals surface area (Å²) in [6.07, 6.45) is -0.609. The topological polar surface area (TPSA) is 38.3 Å². The van der Waals surface area contributed by atoms with Gasteiger partial charge in [-0.2, -0.15) is 12.6 Å². The Bertz CT molecular complexity index is 337. The number of carbonyl (C=O) groups is 1. The Labute approximate surface area is 109 Å². The van der Waals surface area contributed by atoms with Crippen LogP contribution in [0.3, 0.4) is 0 Å². The van der Waals surface area contributed by atoms with Crippen LogP contribution < -0.4 is 10.1 Å². The van der Waals surface area contributed by atoms with Gasteiger partial charge in [-0.25, -0.2) is 4.79 Å². The summed E-state index contributed by atoms with van der Waals surface area (Å²) in [4.78, 5) is 11.4. The SMILES string of the molecule is O=C(NC(S)C(Cl)CCl)Oc1ccccc1. The second-order valence-corrected chi connectivity index (χ2v) is 4.39. The summed E-state index contributed by atoms with van der Waals surface area (Å²) in [7, 11) is 0. The number of alkyl halides is 2. The summed E-state index contributed by atoms with van der Waals surface area (Å²) < 4.78 is 4.98. The predicted molar refractivity (Wildman–Crippen MR) is 68.7 cm³/mol. The number of thiol groups is 1. The molecule has 0 aliphatic heterocycles. The van der Waals surface area contributed by atoms with Crippen molar-refractivity contribution in [2.24, 2.45) is 0 Å². The van der Waals surface area contributed by atoms with Gasteiger partial charge in [-0.1, -0.05) is 18.2 Å². The first-order valence-corrected chi connectivity index (χ1v) is 6.03. The first-order valence-electron chi connectivity index (χ1n) is 4.55. The fourth-order valence-corrected chi connectivity index (χ4v) is 1.50. The molecule has 0 aliphatic carbocycles. The monoisotopic (exact) mass is 279 g/mol. The highest BCUT2D eigenvalue weighted by Crippen LogP contribution is 2.11. The normalized spacial score (nSPS) is 13.9. The lowest BCUT2D eigenvalue weighted by Gasteiger charge is -2.16. The number of amides is 1. The van der Waals surface area contributed by atoms with Gasteiger partial charge in [0, 0.05) is 5.88 Å². The van der Waals surface area contributed by atoms with Crippen LogP contribution in [-0.4, -0.2) is 22.7 Å². The molecular formula is C10H11Cl2NO2S. The van der Waals surface area contributed by atoms with E-state index >= 15 is 0 Å². The molecule has 1 rings (SSSR count). The molecule has 0 bridgehead atoms. The zero-order chi connectivity index (χ0) is 12.0. The third kappa shape index (κ3) is 4.51. The zero-order valence-corrected chi connectivity index (χ0v) is 10.7. The van der Waals surface area contributed by atoms with Gasteiger partial charge in [-0.05, 0) is 12.1 Å². The van der Waals surface area contributed by atoms with Crippen molar-refractivity contribution in [2.75, 3.05) is 5.88 Å². The second-order valence-electron chi connectivity index (χ2n) is 2.96. The summed E-state index contributed by atoms with van der Waals surface area (Å²) in [6.45, 7) is 0. The number of benzene rings is 1. The number of ether oxygens (including phenoxy) is 1. The van der Waals surface area contributed by atoms with Gasteiger partial charge < -0.3 is 10.1 Å². The number of carbonyl (C=O) groups excluding carboxylic acids is 1. The number of rotatable bonds is 4. The molecular weight excluding hydrogens is 269 g/mol. The lowest BCUT2D eigenvalue weighted by molar-refractivity contribution is 0.199. The highest BCUT2D eigenvalue weighted by atomic mass is 35.5. The molecule has 1 amide bonds. The summed E-state index contributed by atoms with van der Waals surface area (Å²) in [5.74, 6) is 0.652. The second kappa shape index (κ2) is 6.89. The molecule has 0 radical (unpaired) electrons. The van der Waals surface area contributed by atoms with E-state index < -0.39 is 16.8 Å². The molecule has 1 aromatic rings. The third-order valence-corrected chi connectivity index (χ3v) is 3.27. The van der Waals surface area contributed by atoms with Gasteiger partial charge in [0.05, 0.1) is 10.8 Å². The largest absolute Gasteiger partial charge is 0.413 e. The Morgan fingerprint density at radius 3 is 2.62 bits per heavy atom. The molecule has 0 aliphatic rings. The minimum Gasteiger partial charge on any atom is -0.410 e. The number of hydrogen-bond donors (Lipinski definition) is 2. The molecule has 88 valence electrons. The van der Waals surface area contributed by atoms with Crippen LogP contribution in [0.1, 0.15) is 0 Å². The van der Waals surface area contributed by atoms with Crippen molar-refractivity contribution in [3.05, 3.63) is 30.3 Å². The number of halogens is 2. The van der Waals surface area contributed by atoms with E-state index in [9.17, 15) is 4.79 Å². The van der Waals surface area contributed by atoms with E-state index in [1.54, 1.807) is 24.3 Å². The Balaban J connectivity index is 2.42. The van der Waals surface area contributed by atoms with Crippen LogP contribution in [0.15, 0.2) is 30.3 Å². The number of nitrogens with one attached hydrogen (secondary N) is 1. The lowest BCUT2D eigenvalue weighted by atomic mass is 10.3. The first-order chi connectivity index (χ1) is 7.63. The van der Waals surface area contributed by atoms with E-state index in [1.807, 2.05) is 6.07 Å². The van der Waals surface area contributed by atoms with Crippen LogP contribution in [0, 0.1) is 0 Å². The molecule has 16 heavy (non-hydrogen) atoms.